The predicted octanol–water partition coefficient (Wildman–Crippen LogP) is -1.55. The second-order valence-corrected chi connectivity index (χ2v) is 6.57. The van der Waals surface area contributed by atoms with E-state index < -0.39 is 0 Å². The van der Waals surface area contributed by atoms with Gasteiger partial charge in [0, 0.05) is 26.2 Å². The average molecular weight is 337 g/mol. The molecule has 0 saturated carbocycles. The first-order chi connectivity index (χ1) is 11.6. The van der Waals surface area contributed by atoms with E-state index in [2.05, 4.69) is 10.3 Å². The Morgan fingerprint density at radius 2 is 1.96 bits per heavy atom. The molecule has 6 atom stereocenters. The predicted molar refractivity (Wildman–Crippen MR) is 90.2 cm³/mol. The molecule has 0 spiro atoms. The molecule has 0 aromatic carbocycles. The van der Waals surface area contributed by atoms with Gasteiger partial charge in [-0.25, -0.2) is 4.68 Å². The first-order valence-corrected chi connectivity index (χ1v) is 8.45. The van der Waals surface area contributed by atoms with Gasteiger partial charge in [-0.2, -0.15) is 0 Å². The third kappa shape index (κ3) is 4.00. The average Bonchev–Trinajstić information content (AvgIpc) is 3.24. The van der Waals surface area contributed by atoms with Gasteiger partial charge >= 0.3 is 0 Å². The van der Waals surface area contributed by atoms with Crippen molar-refractivity contribution in [2.75, 3.05) is 20.8 Å². The first kappa shape index (κ1) is 17.9. The van der Waals surface area contributed by atoms with Crippen LogP contribution in [0.25, 0.3) is 0 Å². The first-order valence-electron chi connectivity index (χ1n) is 8.45. The molecule has 10 heteroatoms. The molecule has 8 nitrogen and oxygen atoms in total. The third-order valence-corrected chi connectivity index (χ3v) is 4.57. The number of aromatic nitrogens is 3. The van der Waals surface area contributed by atoms with Crippen molar-refractivity contribution in [3.63, 3.8) is 0 Å². The monoisotopic (exact) mass is 337 g/mol. The molecule has 0 amide bonds. The molecule has 2 aliphatic heterocycles. The summed E-state index contributed by atoms with van der Waals surface area (Å²) in [6, 6.07) is 0.338. The maximum atomic E-state index is 5.96. The fourth-order valence-corrected chi connectivity index (χ4v) is 3.41. The fourth-order valence-electron chi connectivity index (χ4n) is 3.41. The van der Waals surface area contributed by atoms with E-state index in [-0.39, 0.29) is 36.4 Å². The zero-order valence-corrected chi connectivity index (χ0v) is 14.8. The van der Waals surface area contributed by atoms with Crippen LogP contribution in [0.5, 0.6) is 0 Å². The van der Waals surface area contributed by atoms with Gasteiger partial charge in [-0.3, -0.25) is 0 Å². The summed E-state index contributed by atoms with van der Waals surface area (Å²) in [6.07, 6.45) is 3.38. The van der Waals surface area contributed by atoms with Crippen LogP contribution in [0.2, 0.25) is 0 Å². The van der Waals surface area contributed by atoms with E-state index in [9.17, 15) is 0 Å². The summed E-state index contributed by atoms with van der Waals surface area (Å²) in [5, 5.41) is 8.36. The molecule has 2 aliphatic rings. The molecule has 0 aliphatic carbocycles. The summed E-state index contributed by atoms with van der Waals surface area (Å²) < 4.78 is 30.0. The maximum Gasteiger partial charge on any atom is 0.141 e. The molecule has 1 aromatic rings. The summed E-state index contributed by atoms with van der Waals surface area (Å²) in [5.41, 5.74) is 0.777. The highest BCUT2D eigenvalue weighted by atomic mass is 16.6. The molecule has 2 fully saturated rings. The van der Waals surface area contributed by atoms with Crippen LogP contribution in [0.4, 0.5) is 0 Å². The van der Waals surface area contributed by atoms with E-state index in [1.165, 1.54) is 0 Å². The summed E-state index contributed by atoms with van der Waals surface area (Å²) >= 11 is 0. The summed E-state index contributed by atoms with van der Waals surface area (Å²) in [6.45, 7) is 0.856. The van der Waals surface area contributed by atoms with E-state index in [1.807, 2.05) is 21.9 Å². The van der Waals surface area contributed by atoms with Gasteiger partial charge < -0.3 is 23.7 Å². The lowest BCUT2D eigenvalue weighted by atomic mass is 9.96. The highest BCUT2D eigenvalue weighted by Crippen LogP contribution is 2.32. The van der Waals surface area contributed by atoms with Crippen molar-refractivity contribution in [1.82, 2.24) is 15.0 Å². The van der Waals surface area contributed by atoms with Crippen LogP contribution in [0.3, 0.4) is 0 Å². The summed E-state index contributed by atoms with van der Waals surface area (Å²) in [5.74, 6) is 0. The molecule has 1 aromatic heterocycles. The van der Waals surface area contributed by atoms with E-state index in [0.29, 0.717) is 13.3 Å². The van der Waals surface area contributed by atoms with E-state index >= 15 is 0 Å². The second-order valence-electron chi connectivity index (χ2n) is 6.57. The van der Waals surface area contributed by atoms with Crippen molar-refractivity contribution in [3.8, 4) is 0 Å². The largest absolute Gasteiger partial charge is 0.382 e. The van der Waals surface area contributed by atoms with Crippen molar-refractivity contribution in [1.29, 1.82) is 0 Å². The number of hydrogen-bond donors (Lipinski definition) is 0. The summed E-state index contributed by atoms with van der Waals surface area (Å²) in [7, 11) is 7.45. The quantitative estimate of drug-likeness (QED) is 0.558. The van der Waals surface area contributed by atoms with Crippen LogP contribution in [-0.2, 0) is 30.4 Å². The Morgan fingerprint density at radius 3 is 2.71 bits per heavy atom. The van der Waals surface area contributed by atoms with Crippen molar-refractivity contribution in [3.05, 3.63) is 11.9 Å². The van der Waals surface area contributed by atoms with Gasteiger partial charge in [0.05, 0.1) is 25.0 Å². The lowest BCUT2D eigenvalue weighted by Gasteiger charge is -2.18. The van der Waals surface area contributed by atoms with Crippen LogP contribution < -0.4 is 0 Å². The Hall–Kier alpha value is -0.930. The molecule has 2 saturated heterocycles. The van der Waals surface area contributed by atoms with Gasteiger partial charge in [-0.05, 0) is 12.8 Å². The van der Waals surface area contributed by atoms with Crippen LogP contribution in [0.1, 0.15) is 24.6 Å². The standard InChI is InChI=1S/C14H25B2N3O5/c1-20-6-11-9(3-12(15)23-11)22-7-19-5-8(17-18-19)14-10(21-2)4-13(16)24-14/h5,9-14H,3-4,6-7,15-16H2,1-2H3/t9?,10?,11-,12-,13-,14-/m1/s1. The SMILES string of the molecule is B[C@H]1CC(OC)[C@@H](c2cn(COC3C[C@H](B)O[C@@H]3COC)nn2)O1. The smallest absolute Gasteiger partial charge is 0.141 e. The molecule has 0 radical (unpaired) electrons. The second kappa shape index (κ2) is 7.97. The Balaban J connectivity index is 1.56. The molecule has 3 heterocycles. The van der Waals surface area contributed by atoms with Gasteiger partial charge in [0.15, 0.2) is 0 Å². The number of rotatable bonds is 7. The van der Waals surface area contributed by atoms with Crippen molar-refractivity contribution >= 4 is 15.7 Å². The molecule has 132 valence electrons. The van der Waals surface area contributed by atoms with Gasteiger partial charge in [0.25, 0.3) is 0 Å². The molecule has 24 heavy (non-hydrogen) atoms. The third-order valence-electron chi connectivity index (χ3n) is 4.57. The van der Waals surface area contributed by atoms with Crippen LogP contribution >= 0.6 is 0 Å². The number of hydrogen-bond acceptors (Lipinski definition) is 7. The Labute approximate surface area is 143 Å². The van der Waals surface area contributed by atoms with Crippen molar-refractivity contribution < 1.29 is 23.7 Å². The molecular formula is C14H25B2N3O5. The fraction of sp³-hybridized carbons (Fsp3) is 0.857. The van der Waals surface area contributed by atoms with E-state index in [1.54, 1.807) is 18.9 Å². The molecule has 0 bridgehead atoms. The Bertz CT molecular complexity index is 534. The van der Waals surface area contributed by atoms with Crippen LogP contribution in [0.15, 0.2) is 6.20 Å². The lowest BCUT2D eigenvalue weighted by Crippen LogP contribution is -2.29. The van der Waals surface area contributed by atoms with Gasteiger partial charge in [-0.1, -0.05) is 5.21 Å². The molecule has 2 unspecified atom stereocenters. The zero-order valence-electron chi connectivity index (χ0n) is 14.8. The Morgan fingerprint density at radius 1 is 1.21 bits per heavy atom. The van der Waals surface area contributed by atoms with Gasteiger partial charge in [0.1, 0.15) is 40.3 Å². The molecule has 0 N–H and O–H groups in total. The minimum atomic E-state index is -0.171. The number of ether oxygens (including phenoxy) is 5. The maximum absolute atomic E-state index is 5.96. The van der Waals surface area contributed by atoms with E-state index in [0.717, 1.165) is 18.5 Å². The lowest BCUT2D eigenvalue weighted by molar-refractivity contribution is -0.0679. The minimum Gasteiger partial charge on any atom is -0.382 e. The van der Waals surface area contributed by atoms with Crippen LogP contribution in [0, 0.1) is 0 Å². The normalized spacial score (nSPS) is 36.4. The zero-order chi connectivity index (χ0) is 17.1. The summed E-state index contributed by atoms with van der Waals surface area (Å²) in [4.78, 5) is 0. The van der Waals surface area contributed by atoms with Gasteiger partial charge in [0.2, 0.25) is 0 Å². The highest BCUT2D eigenvalue weighted by molar-refractivity contribution is 6.11. The minimum absolute atomic E-state index is 0.00192. The molecular weight excluding hydrogens is 312 g/mol. The van der Waals surface area contributed by atoms with Crippen molar-refractivity contribution in [2.45, 2.75) is 56.0 Å². The van der Waals surface area contributed by atoms with E-state index in [4.69, 9.17) is 23.7 Å². The van der Waals surface area contributed by atoms with Crippen LogP contribution in [-0.4, -0.2) is 81.8 Å². The highest BCUT2D eigenvalue weighted by Gasteiger charge is 2.36. The number of nitrogens with zero attached hydrogens (tertiary/aromatic N) is 3. The van der Waals surface area contributed by atoms with Crippen molar-refractivity contribution in [2.24, 2.45) is 0 Å². The number of methoxy groups -OCH3 is 2. The molecule has 3 rings (SSSR count). The topological polar surface area (TPSA) is 76.9 Å². The van der Waals surface area contributed by atoms with Gasteiger partial charge in [-0.15, -0.1) is 5.10 Å². The Kier molecular flexibility index (Phi) is 5.93.